The monoisotopic (exact) mass is 230 g/mol. The summed E-state index contributed by atoms with van der Waals surface area (Å²) < 4.78 is 0. The first-order valence-electron chi connectivity index (χ1n) is 6.11. The highest BCUT2D eigenvalue weighted by atomic mass is 16.3. The van der Waals surface area contributed by atoms with Crippen molar-refractivity contribution in [3.63, 3.8) is 0 Å². The third kappa shape index (κ3) is 4.24. The van der Waals surface area contributed by atoms with Crippen molar-refractivity contribution in [1.29, 1.82) is 0 Å². The molecule has 0 amide bonds. The molecule has 1 aromatic rings. The van der Waals surface area contributed by atoms with Gasteiger partial charge in [-0.2, -0.15) is 0 Å². The lowest BCUT2D eigenvalue weighted by Gasteiger charge is -2.23. The SMILES string of the molecule is CCC(C)(C)c1ccc(C#CC(C)(C)O)cc1. The topological polar surface area (TPSA) is 20.2 Å². The first-order chi connectivity index (χ1) is 7.74. The fourth-order valence-electron chi connectivity index (χ4n) is 1.43. The van der Waals surface area contributed by atoms with Gasteiger partial charge in [0, 0.05) is 5.56 Å². The van der Waals surface area contributed by atoms with E-state index in [-0.39, 0.29) is 5.41 Å². The van der Waals surface area contributed by atoms with Crippen LogP contribution >= 0.6 is 0 Å². The van der Waals surface area contributed by atoms with Crippen LogP contribution in [0.4, 0.5) is 0 Å². The highest BCUT2D eigenvalue weighted by molar-refractivity contribution is 5.39. The van der Waals surface area contributed by atoms with Gasteiger partial charge in [-0.1, -0.05) is 44.7 Å². The summed E-state index contributed by atoms with van der Waals surface area (Å²) in [5, 5.41) is 9.53. The minimum atomic E-state index is -0.929. The van der Waals surface area contributed by atoms with Crippen LogP contribution in [-0.2, 0) is 5.41 Å². The van der Waals surface area contributed by atoms with Crippen molar-refractivity contribution in [3.8, 4) is 11.8 Å². The van der Waals surface area contributed by atoms with E-state index >= 15 is 0 Å². The number of hydrogen-bond donors (Lipinski definition) is 1. The van der Waals surface area contributed by atoms with Crippen molar-refractivity contribution in [2.75, 3.05) is 0 Å². The van der Waals surface area contributed by atoms with Crippen LogP contribution in [0.25, 0.3) is 0 Å². The molecule has 0 aromatic heterocycles. The second-order valence-electron chi connectivity index (χ2n) is 5.62. The van der Waals surface area contributed by atoms with Gasteiger partial charge in [-0.05, 0) is 43.4 Å². The van der Waals surface area contributed by atoms with Crippen molar-refractivity contribution in [2.45, 2.75) is 52.1 Å². The summed E-state index contributed by atoms with van der Waals surface area (Å²) in [6.45, 7) is 10.1. The van der Waals surface area contributed by atoms with Gasteiger partial charge < -0.3 is 5.11 Å². The van der Waals surface area contributed by atoms with Crippen LogP contribution in [0.5, 0.6) is 0 Å². The van der Waals surface area contributed by atoms with Gasteiger partial charge in [-0.3, -0.25) is 0 Å². The van der Waals surface area contributed by atoms with Crippen molar-refractivity contribution in [1.82, 2.24) is 0 Å². The van der Waals surface area contributed by atoms with Gasteiger partial charge in [0.05, 0.1) is 0 Å². The average molecular weight is 230 g/mol. The lowest BCUT2D eigenvalue weighted by atomic mass is 9.82. The van der Waals surface area contributed by atoms with E-state index in [1.807, 2.05) is 12.1 Å². The Hall–Kier alpha value is -1.26. The molecule has 1 nitrogen and oxygen atoms in total. The van der Waals surface area contributed by atoms with Crippen LogP contribution in [0, 0.1) is 11.8 Å². The molecule has 0 atom stereocenters. The highest BCUT2D eigenvalue weighted by Crippen LogP contribution is 2.26. The lowest BCUT2D eigenvalue weighted by molar-refractivity contribution is 0.143. The maximum Gasteiger partial charge on any atom is 0.120 e. The molecule has 0 aliphatic carbocycles. The van der Waals surface area contributed by atoms with Gasteiger partial charge in [0.2, 0.25) is 0 Å². The third-order valence-electron chi connectivity index (χ3n) is 3.06. The Morgan fingerprint density at radius 2 is 1.59 bits per heavy atom. The minimum absolute atomic E-state index is 0.211. The molecule has 0 aliphatic heterocycles. The van der Waals surface area contributed by atoms with Crippen molar-refractivity contribution >= 4 is 0 Å². The molecular formula is C16H22O. The van der Waals surface area contributed by atoms with Crippen molar-refractivity contribution in [3.05, 3.63) is 35.4 Å². The average Bonchev–Trinajstić information content (AvgIpc) is 2.26. The van der Waals surface area contributed by atoms with Crippen LogP contribution < -0.4 is 0 Å². The lowest BCUT2D eigenvalue weighted by Crippen LogP contribution is -2.15. The molecule has 0 radical (unpaired) electrons. The number of hydrogen-bond acceptors (Lipinski definition) is 1. The van der Waals surface area contributed by atoms with Crippen LogP contribution in [0.15, 0.2) is 24.3 Å². The first kappa shape index (κ1) is 13.8. The van der Waals surface area contributed by atoms with E-state index < -0.39 is 5.60 Å². The fourth-order valence-corrected chi connectivity index (χ4v) is 1.43. The summed E-state index contributed by atoms with van der Waals surface area (Å²) in [7, 11) is 0. The van der Waals surface area contributed by atoms with Crippen molar-refractivity contribution < 1.29 is 5.11 Å². The molecule has 0 bridgehead atoms. The maximum atomic E-state index is 9.53. The van der Waals surface area contributed by atoms with E-state index in [0.29, 0.717) is 0 Å². The summed E-state index contributed by atoms with van der Waals surface area (Å²) in [5.74, 6) is 5.80. The number of aliphatic hydroxyl groups is 1. The molecule has 17 heavy (non-hydrogen) atoms. The molecular weight excluding hydrogens is 208 g/mol. The molecule has 0 aliphatic rings. The van der Waals surface area contributed by atoms with Gasteiger partial charge in [-0.25, -0.2) is 0 Å². The second-order valence-corrected chi connectivity index (χ2v) is 5.62. The zero-order valence-corrected chi connectivity index (χ0v) is 11.5. The molecule has 0 fully saturated rings. The van der Waals surface area contributed by atoms with Crippen LogP contribution in [-0.4, -0.2) is 10.7 Å². The molecule has 0 spiro atoms. The Morgan fingerprint density at radius 1 is 1.06 bits per heavy atom. The van der Waals surface area contributed by atoms with Gasteiger partial charge in [-0.15, -0.1) is 0 Å². The van der Waals surface area contributed by atoms with Gasteiger partial charge in [0.25, 0.3) is 0 Å². The number of benzene rings is 1. The van der Waals surface area contributed by atoms with E-state index in [1.54, 1.807) is 13.8 Å². The molecule has 0 saturated heterocycles. The first-order valence-corrected chi connectivity index (χ1v) is 6.11. The maximum absolute atomic E-state index is 9.53. The minimum Gasteiger partial charge on any atom is -0.378 e. The molecule has 1 aromatic carbocycles. The second kappa shape index (κ2) is 4.94. The molecule has 0 unspecified atom stereocenters. The van der Waals surface area contributed by atoms with E-state index in [0.717, 1.165) is 12.0 Å². The molecule has 1 N–H and O–H groups in total. The fraction of sp³-hybridized carbons (Fsp3) is 0.500. The highest BCUT2D eigenvalue weighted by Gasteiger charge is 2.17. The predicted molar refractivity (Wildman–Crippen MR) is 72.9 cm³/mol. The Labute approximate surface area is 105 Å². The van der Waals surface area contributed by atoms with Gasteiger partial charge in [0.1, 0.15) is 5.60 Å². The van der Waals surface area contributed by atoms with E-state index in [4.69, 9.17) is 0 Å². The van der Waals surface area contributed by atoms with Crippen LogP contribution in [0.3, 0.4) is 0 Å². The predicted octanol–water partition coefficient (Wildman–Crippen LogP) is 3.50. The zero-order chi connectivity index (χ0) is 13.1. The van der Waals surface area contributed by atoms with Crippen LogP contribution in [0.2, 0.25) is 0 Å². The Bertz CT molecular complexity index is 421. The largest absolute Gasteiger partial charge is 0.378 e. The van der Waals surface area contributed by atoms with E-state index in [2.05, 4.69) is 44.7 Å². The number of rotatable bonds is 2. The molecule has 0 heterocycles. The van der Waals surface area contributed by atoms with Crippen LogP contribution in [0.1, 0.15) is 52.2 Å². The smallest absolute Gasteiger partial charge is 0.120 e. The summed E-state index contributed by atoms with van der Waals surface area (Å²) in [5.41, 5.74) is 1.56. The van der Waals surface area contributed by atoms with Gasteiger partial charge >= 0.3 is 0 Å². The Kier molecular flexibility index (Phi) is 4.01. The normalized spacial score (nSPS) is 11.9. The van der Waals surface area contributed by atoms with Crippen molar-refractivity contribution in [2.24, 2.45) is 0 Å². The summed E-state index contributed by atoms with van der Waals surface area (Å²) in [4.78, 5) is 0. The molecule has 0 saturated carbocycles. The zero-order valence-electron chi connectivity index (χ0n) is 11.5. The summed E-state index contributed by atoms with van der Waals surface area (Å²) in [6.07, 6.45) is 1.11. The third-order valence-corrected chi connectivity index (χ3v) is 3.06. The summed E-state index contributed by atoms with van der Waals surface area (Å²) >= 11 is 0. The standard InChI is InChI=1S/C16H22O/c1-6-15(2,3)14-9-7-13(8-10-14)11-12-16(4,5)17/h7-10,17H,6H2,1-5H3. The molecule has 92 valence electrons. The van der Waals surface area contributed by atoms with E-state index in [9.17, 15) is 5.11 Å². The molecule has 1 heteroatoms. The van der Waals surface area contributed by atoms with Gasteiger partial charge in [0.15, 0.2) is 0 Å². The van der Waals surface area contributed by atoms with E-state index in [1.165, 1.54) is 5.56 Å². The Morgan fingerprint density at radius 3 is 2.00 bits per heavy atom. The summed E-state index contributed by atoms with van der Waals surface area (Å²) in [6, 6.07) is 8.28. The Balaban J connectivity index is 2.92. The molecule has 1 rings (SSSR count). The quantitative estimate of drug-likeness (QED) is 0.771.